The minimum absolute atomic E-state index is 0.0393. The van der Waals surface area contributed by atoms with Gasteiger partial charge < -0.3 is 15.2 Å². The molecule has 0 saturated carbocycles. The second kappa shape index (κ2) is 7.68. The van der Waals surface area contributed by atoms with Gasteiger partial charge in [-0.2, -0.15) is 9.37 Å². The molecule has 0 atom stereocenters. The van der Waals surface area contributed by atoms with Crippen LogP contribution in [0.4, 0.5) is 10.1 Å². The highest BCUT2D eigenvalue weighted by molar-refractivity contribution is 6.39. The number of carbonyl (C=O) groups is 1. The maximum absolute atomic E-state index is 13.4. The van der Waals surface area contributed by atoms with E-state index in [2.05, 4.69) is 4.98 Å². The first-order valence-corrected chi connectivity index (χ1v) is 7.34. The van der Waals surface area contributed by atoms with Gasteiger partial charge in [-0.3, -0.25) is 0 Å². The van der Waals surface area contributed by atoms with Crippen molar-refractivity contribution >= 4 is 46.5 Å². The number of benzene rings is 1. The molecule has 0 bridgehead atoms. The number of carbonyl (C=O) groups excluding carboxylic acids is 1. The van der Waals surface area contributed by atoms with Crippen molar-refractivity contribution in [3.8, 4) is 5.88 Å². The third kappa shape index (κ3) is 4.60. The minimum Gasteiger partial charge on any atom is -0.464 e. The van der Waals surface area contributed by atoms with Crippen LogP contribution in [0.5, 0.6) is 5.88 Å². The molecule has 5 nitrogen and oxygen atoms in total. The number of halogens is 4. The maximum atomic E-state index is 13.4. The Kier molecular flexibility index (Phi) is 5.87. The molecule has 0 fully saturated rings. The number of esters is 1. The largest absolute Gasteiger partial charge is 0.464 e. The van der Waals surface area contributed by atoms with Gasteiger partial charge in [-0.25, -0.2) is 4.79 Å². The molecule has 0 aliphatic rings. The normalized spacial score (nSPS) is 10.4. The zero-order valence-electron chi connectivity index (χ0n) is 11.5. The number of pyridine rings is 1. The molecule has 2 rings (SSSR count). The lowest BCUT2D eigenvalue weighted by Crippen LogP contribution is -2.16. The fourth-order valence-electron chi connectivity index (χ4n) is 1.52. The van der Waals surface area contributed by atoms with E-state index < -0.39 is 23.5 Å². The molecule has 1 aromatic carbocycles. The average molecular weight is 380 g/mol. The Labute approximate surface area is 146 Å². The SMILES string of the molecule is Nc1c(Cl)c(F)nc(OCC(=O)OCc2ccc(Cl)cc2)c1Cl. The summed E-state index contributed by atoms with van der Waals surface area (Å²) in [4.78, 5) is 15.0. The van der Waals surface area contributed by atoms with E-state index in [1.807, 2.05) is 0 Å². The predicted molar refractivity (Wildman–Crippen MR) is 85.4 cm³/mol. The van der Waals surface area contributed by atoms with Gasteiger partial charge in [0.15, 0.2) is 6.61 Å². The van der Waals surface area contributed by atoms with Crippen LogP contribution < -0.4 is 10.5 Å². The molecule has 122 valence electrons. The van der Waals surface area contributed by atoms with Crippen LogP contribution in [0.1, 0.15) is 5.56 Å². The molecule has 1 heterocycles. The van der Waals surface area contributed by atoms with Crippen molar-refractivity contribution in [1.29, 1.82) is 0 Å². The molecule has 0 aliphatic carbocycles. The number of nitrogens with two attached hydrogens (primary N) is 1. The summed E-state index contributed by atoms with van der Waals surface area (Å²) >= 11 is 17.1. The van der Waals surface area contributed by atoms with Crippen LogP contribution in [-0.2, 0) is 16.1 Å². The molecule has 2 N–H and O–H groups in total. The van der Waals surface area contributed by atoms with Crippen LogP contribution in [0.3, 0.4) is 0 Å². The van der Waals surface area contributed by atoms with Crippen molar-refractivity contribution in [3.05, 3.63) is 50.8 Å². The molecule has 0 radical (unpaired) electrons. The van der Waals surface area contributed by atoms with E-state index in [1.54, 1.807) is 24.3 Å². The van der Waals surface area contributed by atoms with Gasteiger partial charge in [0.25, 0.3) is 0 Å². The van der Waals surface area contributed by atoms with Gasteiger partial charge in [0, 0.05) is 5.02 Å². The van der Waals surface area contributed by atoms with E-state index in [-0.39, 0.29) is 23.2 Å². The summed E-state index contributed by atoms with van der Waals surface area (Å²) in [5.41, 5.74) is 6.02. The maximum Gasteiger partial charge on any atom is 0.344 e. The average Bonchev–Trinajstić information content (AvgIpc) is 2.54. The Bertz CT molecular complexity index is 726. The van der Waals surface area contributed by atoms with Crippen molar-refractivity contribution in [2.24, 2.45) is 0 Å². The van der Waals surface area contributed by atoms with E-state index in [9.17, 15) is 9.18 Å². The van der Waals surface area contributed by atoms with Crippen molar-refractivity contribution in [2.45, 2.75) is 6.61 Å². The fourth-order valence-corrected chi connectivity index (χ4v) is 2.02. The van der Waals surface area contributed by atoms with Crippen molar-refractivity contribution in [2.75, 3.05) is 12.3 Å². The van der Waals surface area contributed by atoms with Crippen LogP contribution in [0.15, 0.2) is 24.3 Å². The first-order chi connectivity index (χ1) is 10.9. The van der Waals surface area contributed by atoms with Gasteiger partial charge in [-0.05, 0) is 17.7 Å². The molecular formula is C14H10Cl3FN2O3. The van der Waals surface area contributed by atoms with Crippen LogP contribution >= 0.6 is 34.8 Å². The first-order valence-electron chi connectivity index (χ1n) is 6.21. The van der Waals surface area contributed by atoms with Gasteiger partial charge in [0.05, 0.1) is 5.69 Å². The van der Waals surface area contributed by atoms with Crippen LogP contribution in [0.25, 0.3) is 0 Å². The third-order valence-corrected chi connectivity index (χ3v) is 3.66. The Morgan fingerprint density at radius 3 is 2.48 bits per heavy atom. The molecule has 0 unspecified atom stereocenters. The summed E-state index contributed by atoms with van der Waals surface area (Å²) in [7, 11) is 0. The summed E-state index contributed by atoms with van der Waals surface area (Å²) in [6.45, 7) is -0.474. The van der Waals surface area contributed by atoms with Gasteiger partial charge in [0.2, 0.25) is 11.8 Å². The summed E-state index contributed by atoms with van der Waals surface area (Å²) in [5.74, 6) is -2.07. The lowest BCUT2D eigenvalue weighted by Gasteiger charge is -2.10. The van der Waals surface area contributed by atoms with E-state index in [0.29, 0.717) is 5.02 Å². The van der Waals surface area contributed by atoms with E-state index in [4.69, 9.17) is 50.0 Å². The summed E-state index contributed by atoms with van der Waals surface area (Å²) in [6.07, 6.45) is 0. The monoisotopic (exact) mass is 378 g/mol. The minimum atomic E-state index is -1.04. The van der Waals surface area contributed by atoms with Gasteiger partial charge >= 0.3 is 5.97 Å². The van der Waals surface area contributed by atoms with Gasteiger partial charge in [-0.15, -0.1) is 0 Å². The topological polar surface area (TPSA) is 74.4 Å². The van der Waals surface area contributed by atoms with Crippen molar-refractivity contribution in [3.63, 3.8) is 0 Å². The van der Waals surface area contributed by atoms with E-state index in [0.717, 1.165) is 5.56 Å². The molecule has 0 amide bonds. The van der Waals surface area contributed by atoms with Gasteiger partial charge in [-0.1, -0.05) is 46.9 Å². The molecule has 0 aliphatic heterocycles. The number of ether oxygens (including phenoxy) is 2. The molecular weight excluding hydrogens is 370 g/mol. The molecule has 2 aromatic rings. The molecule has 9 heteroatoms. The second-order valence-corrected chi connectivity index (χ2v) is 5.52. The standard InChI is InChI=1S/C14H10Cl3FN2O3/c15-8-3-1-7(2-4-8)5-22-9(21)6-23-14-11(17)12(19)10(16)13(18)20-14/h1-4H,5-6H2,(H2,19,20). The lowest BCUT2D eigenvalue weighted by molar-refractivity contribution is -0.147. The first kappa shape index (κ1) is 17.6. The highest BCUT2D eigenvalue weighted by Gasteiger charge is 2.17. The highest BCUT2D eigenvalue weighted by Crippen LogP contribution is 2.35. The molecule has 1 aromatic heterocycles. The van der Waals surface area contributed by atoms with E-state index >= 15 is 0 Å². The fraction of sp³-hybridized carbons (Fsp3) is 0.143. The number of anilines is 1. The van der Waals surface area contributed by atoms with Crippen LogP contribution in [0, 0.1) is 5.95 Å². The molecule has 0 spiro atoms. The molecule has 0 saturated heterocycles. The van der Waals surface area contributed by atoms with Crippen LogP contribution in [-0.4, -0.2) is 17.6 Å². The Balaban J connectivity index is 1.91. The zero-order chi connectivity index (χ0) is 17.0. The Morgan fingerprint density at radius 2 is 1.83 bits per heavy atom. The Hall–Kier alpha value is -1.76. The number of rotatable bonds is 5. The number of nitrogen functional groups attached to an aromatic ring is 1. The summed E-state index contributed by atoms with van der Waals surface area (Å²) < 4.78 is 23.3. The predicted octanol–water partition coefficient (Wildman–Crippen LogP) is 3.89. The highest BCUT2D eigenvalue weighted by atomic mass is 35.5. The molecule has 23 heavy (non-hydrogen) atoms. The number of aromatic nitrogens is 1. The van der Waals surface area contributed by atoms with Crippen LogP contribution in [0.2, 0.25) is 15.1 Å². The van der Waals surface area contributed by atoms with Crippen molar-refractivity contribution < 1.29 is 18.7 Å². The zero-order valence-corrected chi connectivity index (χ0v) is 13.8. The number of hydrogen-bond acceptors (Lipinski definition) is 5. The summed E-state index contributed by atoms with van der Waals surface area (Å²) in [5, 5.41) is -0.0129. The van der Waals surface area contributed by atoms with Crippen molar-refractivity contribution in [1.82, 2.24) is 4.98 Å². The lowest BCUT2D eigenvalue weighted by atomic mass is 10.2. The smallest absolute Gasteiger partial charge is 0.344 e. The second-order valence-electron chi connectivity index (χ2n) is 4.33. The van der Waals surface area contributed by atoms with E-state index in [1.165, 1.54) is 0 Å². The third-order valence-electron chi connectivity index (χ3n) is 2.68. The number of hydrogen-bond donors (Lipinski definition) is 1. The quantitative estimate of drug-likeness (QED) is 0.630. The Morgan fingerprint density at radius 1 is 1.17 bits per heavy atom. The van der Waals surface area contributed by atoms with Gasteiger partial charge in [0.1, 0.15) is 16.7 Å². The number of nitrogens with zero attached hydrogens (tertiary/aromatic N) is 1. The summed E-state index contributed by atoms with van der Waals surface area (Å²) in [6, 6.07) is 6.77.